The first-order valence-electron chi connectivity index (χ1n) is 5.71. The van der Waals surface area contributed by atoms with Gasteiger partial charge in [-0.05, 0) is 24.3 Å². The average molecular weight is 310 g/mol. The van der Waals surface area contributed by atoms with Gasteiger partial charge in [0.15, 0.2) is 5.03 Å². The van der Waals surface area contributed by atoms with Gasteiger partial charge in [0.2, 0.25) is 5.91 Å². The van der Waals surface area contributed by atoms with Gasteiger partial charge >= 0.3 is 0 Å². The number of carbonyl (C=O) groups is 1. The number of benzene rings is 1. The third-order valence-corrected chi connectivity index (χ3v) is 4.05. The number of aromatic nitrogens is 1. The second-order valence-electron chi connectivity index (χ2n) is 3.92. The van der Waals surface area contributed by atoms with E-state index in [9.17, 15) is 9.00 Å². The highest BCUT2D eigenvalue weighted by atomic mass is 35.5. The molecule has 0 saturated heterocycles. The molecule has 2 aromatic rings. The van der Waals surface area contributed by atoms with Crippen molar-refractivity contribution in [3.8, 4) is 0 Å². The molecule has 0 aliphatic carbocycles. The summed E-state index contributed by atoms with van der Waals surface area (Å²) in [5, 5.41) is 3.23. The van der Waals surface area contributed by atoms with E-state index in [1.54, 1.807) is 36.4 Å². The third-order valence-electron chi connectivity index (χ3n) is 2.43. The summed E-state index contributed by atoms with van der Waals surface area (Å²) in [7, 11) is -1.60. The number of nitrogen functional groups attached to an aromatic ring is 1. The van der Waals surface area contributed by atoms with Crippen molar-refractivity contribution >= 4 is 39.7 Å². The molecular formula is C13H12ClN3O2S. The minimum absolute atomic E-state index is 0.210. The smallest absolute Gasteiger partial charge is 0.237 e. The van der Waals surface area contributed by atoms with Gasteiger partial charge in [-0.3, -0.25) is 9.00 Å². The highest BCUT2D eigenvalue weighted by Gasteiger charge is 2.14. The molecule has 7 heteroatoms. The Hall–Kier alpha value is -1.92. The lowest BCUT2D eigenvalue weighted by atomic mass is 10.3. The SMILES string of the molecule is Nc1cccnc1S(=O)CC(=O)Nc1ccccc1Cl. The fourth-order valence-corrected chi connectivity index (χ4v) is 2.67. The number of rotatable bonds is 4. The second kappa shape index (κ2) is 6.49. The van der Waals surface area contributed by atoms with Crippen LogP contribution in [0, 0.1) is 0 Å². The van der Waals surface area contributed by atoms with Crippen LogP contribution in [-0.4, -0.2) is 20.9 Å². The first-order valence-corrected chi connectivity index (χ1v) is 7.41. The summed E-state index contributed by atoms with van der Waals surface area (Å²) >= 11 is 5.92. The zero-order valence-corrected chi connectivity index (χ0v) is 11.9. The molecule has 0 saturated carbocycles. The molecule has 1 aromatic carbocycles. The van der Waals surface area contributed by atoms with Crippen LogP contribution >= 0.6 is 11.6 Å². The van der Waals surface area contributed by atoms with E-state index in [1.807, 2.05) is 0 Å². The van der Waals surface area contributed by atoms with Crippen LogP contribution in [0.3, 0.4) is 0 Å². The van der Waals surface area contributed by atoms with Crippen LogP contribution in [0.25, 0.3) is 0 Å². The van der Waals surface area contributed by atoms with Crippen LogP contribution < -0.4 is 11.1 Å². The normalized spacial score (nSPS) is 11.8. The molecule has 1 amide bonds. The Kier molecular flexibility index (Phi) is 4.70. The van der Waals surface area contributed by atoms with E-state index in [2.05, 4.69) is 10.3 Å². The van der Waals surface area contributed by atoms with E-state index in [0.717, 1.165) is 0 Å². The van der Waals surface area contributed by atoms with Gasteiger partial charge in [-0.15, -0.1) is 0 Å². The van der Waals surface area contributed by atoms with Crippen LogP contribution in [0.5, 0.6) is 0 Å². The van der Waals surface area contributed by atoms with E-state index in [-0.39, 0.29) is 10.8 Å². The molecule has 20 heavy (non-hydrogen) atoms. The van der Waals surface area contributed by atoms with Crippen molar-refractivity contribution in [3.63, 3.8) is 0 Å². The summed E-state index contributed by atoms with van der Waals surface area (Å²) in [5.74, 6) is -0.645. The molecule has 1 unspecified atom stereocenters. The summed E-state index contributed by atoms with van der Waals surface area (Å²) in [5.41, 5.74) is 6.44. The van der Waals surface area contributed by atoms with Crippen molar-refractivity contribution in [2.24, 2.45) is 0 Å². The van der Waals surface area contributed by atoms with E-state index >= 15 is 0 Å². The van der Waals surface area contributed by atoms with E-state index in [0.29, 0.717) is 16.4 Å². The van der Waals surface area contributed by atoms with Gasteiger partial charge in [-0.2, -0.15) is 0 Å². The lowest BCUT2D eigenvalue weighted by Crippen LogP contribution is -2.20. The fourth-order valence-electron chi connectivity index (χ4n) is 1.53. The van der Waals surface area contributed by atoms with Crippen molar-refractivity contribution < 1.29 is 9.00 Å². The first kappa shape index (κ1) is 14.5. The predicted molar refractivity (Wildman–Crippen MR) is 80.0 cm³/mol. The largest absolute Gasteiger partial charge is 0.396 e. The number of amides is 1. The summed E-state index contributed by atoms with van der Waals surface area (Å²) in [4.78, 5) is 15.8. The molecule has 1 aromatic heterocycles. The number of para-hydroxylation sites is 1. The molecule has 0 aliphatic rings. The van der Waals surface area contributed by atoms with E-state index < -0.39 is 16.7 Å². The quantitative estimate of drug-likeness (QED) is 0.905. The molecule has 0 fully saturated rings. The maximum Gasteiger partial charge on any atom is 0.237 e. The molecule has 0 aliphatic heterocycles. The van der Waals surface area contributed by atoms with Gasteiger partial charge < -0.3 is 11.1 Å². The molecule has 2 rings (SSSR count). The summed E-state index contributed by atoms with van der Waals surface area (Å²) in [6.07, 6.45) is 1.48. The molecule has 3 N–H and O–H groups in total. The minimum Gasteiger partial charge on any atom is -0.396 e. The van der Waals surface area contributed by atoms with Gasteiger partial charge in [0.25, 0.3) is 0 Å². The topological polar surface area (TPSA) is 85.1 Å². The highest BCUT2D eigenvalue weighted by molar-refractivity contribution is 7.85. The lowest BCUT2D eigenvalue weighted by molar-refractivity contribution is -0.113. The average Bonchev–Trinajstić information content (AvgIpc) is 2.41. The van der Waals surface area contributed by atoms with Crippen molar-refractivity contribution in [2.45, 2.75) is 5.03 Å². The number of nitrogens with one attached hydrogen (secondary N) is 1. The van der Waals surface area contributed by atoms with Crippen molar-refractivity contribution in [1.82, 2.24) is 4.98 Å². The van der Waals surface area contributed by atoms with Crippen LogP contribution in [0.15, 0.2) is 47.6 Å². The Labute approximate surface area is 123 Å². The maximum absolute atomic E-state index is 12.0. The fraction of sp³-hybridized carbons (Fsp3) is 0.0769. The summed E-state index contributed by atoms with van der Waals surface area (Å²) in [6, 6.07) is 10.1. The zero-order chi connectivity index (χ0) is 14.5. The lowest BCUT2D eigenvalue weighted by Gasteiger charge is -2.07. The summed E-state index contributed by atoms with van der Waals surface area (Å²) in [6.45, 7) is 0. The number of hydrogen-bond acceptors (Lipinski definition) is 4. The summed E-state index contributed by atoms with van der Waals surface area (Å²) < 4.78 is 12.0. The van der Waals surface area contributed by atoms with Gasteiger partial charge in [0.05, 0.1) is 27.2 Å². The Morgan fingerprint density at radius 1 is 1.30 bits per heavy atom. The van der Waals surface area contributed by atoms with E-state index in [1.165, 1.54) is 6.20 Å². The Morgan fingerprint density at radius 2 is 2.05 bits per heavy atom. The molecule has 0 radical (unpaired) electrons. The second-order valence-corrected chi connectivity index (χ2v) is 5.69. The van der Waals surface area contributed by atoms with Crippen LogP contribution in [0.4, 0.5) is 11.4 Å². The molecular weight excluding hydrogens is 298 g/mol. The number of nitrogens with two attached hydrogens (primary N) is 1. The van der Waals surface area contributed by atoms with Crippen LogP contribution in [0.2, 0.25) is 5.02 Å². The van der Waals surface area contributed by atoms with Crippen molar-refractivity contribution in [3.05, 3.63) is 47.6 Å². The van der Waals surface area contributed by atoms with E-state index in [4.69, 9.17) is 17.3 Å². The molecule has 1 atom stereocenters. The molecule has 0 spiro atoms. The maximum atomic E-state index is 12.0. The molecule has 0 bridgehead atoms. The van der Waals surface area contributed by atoms with Gasteiger partial charge in [0.1, 0.15) is 5.75 Å². The van der Waals surface area contributed by atoms with Crippen molar-refractivity contribution in [1.29, 1.82) is 0 Å². The Morgan fingerprint density at radius 3 is 2.75 bits per heavy atom. The highest BCUT2D eigenvalue weighted by Crippen LogP contribution is 2.20. The van der Waals surface area contributed by atoms with Crippen LogP contribution in [-0.2, 0) is 15.6 Å². The van der Waals surface area contributed by atoms with Gasteiger partial charge in [0, 0.05) is 6.20 Å². The standard InChI is InChI=1S/C13H12ClN3O2S/c14-9-4-1-2-6-11(9)17-12(18)8-20(19)13-10(15)5-3-7-16-13/h1-7H,8,15H2,(H,17,18). The van der Waals surface area contributed by atoms with Crippen LogP contribution in [0.1, 0.15) is 0 Å². The Bertz CT molecular complexity index is 664. The first-order chi connectivity index (χ1) is 9.58. The van der Waals surface area contributed by atoms with Gasteiger partial charge in [-0.25, -0.2) is 4.98 Å². The molecule has 104 valence electrons. The number of carbonyl (C=O) groups excluding carboxylic acids is 1. The molecule has 5 nitrogen and oxygen atoms in total. The number of pyridine rings is 1. The zero-order valence-electron chi connectivity index (χ0n) is 10.4. The monoisotopic (exact) mass is 309 g/mol. The number of anilines is 2. The number of nitrogens with zero attached hydrogens (tertiary/aromatic N) is 1. The van der Waals surface area contributed by atoms with Crippen molar-refractivity contribution in [2.75, 3.05) is 16.8 Å². The molecule has 1 heterocycles. The minimum atomic E-state index is -1.60. The number of hydrogen-bond donors (Lipinski definition) is 2. The third kappa shape index (κ3) is 3.55. The predicted octanol–water partition coefficient (Wildman–Crippen LogP) is 2.06. The van der Waals surface area contributed by atoms with Gasteiger partial charge in [-0.1, -0.05) is 23.7 Å². The number of halogens is 1. The Balaban J connectivity index is 2.04.